The molecule has 4 rings (SSSR count). The van der Waals surface area contributed by atoms with Crippen molar-refractivity contribution in [2.24, 2.45) is 0 Å². The lowest BCUT2D eigenvalue weighted by molar-refractivity contribution is -0.203. The number of carbonyl (C=O) groups is 1. The number of nitrogens with zero attached hydrogens (tertiary/aromatic N) is 2. The number of phenolic OH excluding ortho intramolecular Hbond substituents is 1. The minimum absolute atomic E-state index is 0.146. The third-order valence-corrected chi connectivity index (χ3v) is 5.64. The van der Waals surface area contributed by atoms with Crippen molar-refractivity contribution in [2.75, 3.05) is 0 Å². The molecular formula is C20H16N2O8. The Labute approximate surface area is 166 Å². The van der Waals surface area contributed by atoms with Crippen molar-refractivity contribution >= 4 is 16.7 Å². The number of ether oxygens (including phenoxy) is 1. The lowest BCUT2D eigenvalue weighted by Gasteiger charge is -2.41. The molecule has 0 amide bonds. The lowest BCUT2D eigenvalue weighted by Crippen LogP contribution is -2.53. The van der Waals surface area contributed by atoms with Crippen LogP contribution in [0.5, 0.6) is 5.75 Å². The van der Waals surface area contributed by atoms with Crippen molar-refractivity contribution in [1.82, 2.24) is 0 Å². The molecule has 10 heteroatoms. The second-order valence-electron chi connectivity index (χ2n) is 7.49. The van der Waals surface area contributed by atoms with Crippen LogP contribution in [0.4, 0.5) is 0 Å². The molecule has 0 heterocycles. The summed E-state index contributed by atoms with van der Waals surface area (Å²) in [6.45, 7) is 2.13. The van der Waals surface area contributed by atoms with E-state index in [4.69, 9.17) is 4.74 Å². The molecule has 4 unspecified atom stereocenters. The van der Waals surface area contributed by atoms with Crippen molar-refractivity contribution < 1.29 is 34.7 Å². The van der Waals surface area contributed by atoms with E-state index in [1.54, 1.807) is 0 Å². The van der Waals surface area contributed by atoms with Gasteiger partial charge in [-0.25, -0.2) is 0 Å². The number of aliphatic hydroxyl groups is 3. The van der Waals surface area contributed by atoms with Crippen LogP contribution in [0.3, 0.4) is 0 Å². The summed E-state index contributed by atoms with van der Waals surface area (Å²) in [5.74, 6) is -1.33. The zero-order valence-corrected chi connectivity index (χ0v) is 15.8. The van der Waals surface area contributed by atoms with Crippen LogP contribution < -0.4 is 16.2 Å². The molecule has 0 spiro atoms. The maximum Gasteiger partial charge on any atom is 0.334 e. The monoisotopic (exact) mass is 412 g/mol. The number of aliphatic hydroxyl groups excluding tert-OH is 2. The predicted octanol–water partition coefficient (Wildman–Crippen LogP) is -1.24. The van der Waals surface area contributed by atoms with Crippen LogP contribution in [0.25, 0.3) is 16.3 Å². The Kier molecular flexibility index (Phi) is 4.16. The topological polar surface area (TPSA) is 178 Å². The van der Waals surface area contributed by atoms with Gasteiger partial charge in [-0.3, -0.25) is 14.4 Å². The minimum atomic E-state index is -2.24. The van der Waals surface area contributed by atoms with Crippen LogP contribution >= 0.6 is 0 Å². The first-order chi connectivity index (χ1) is 14.0. The molecule has 154 valence electrons. The Morgan fingerprint density at radius 2 is 1.83 bits per heavy atom. The average molecular weight is 412 g/mol. The Balaban J connectivity index is 2.37. The highest BCUT2D eigenvalue weighted by molar-refractivity contribution is 5.88. The molecule has 4 atom stereocenters. The van der Waals surface area contributed by atoms with Crippen molar-refractivity contribution in [3.63, 3.8) is 0 Å². The molecule has 30 heavy (non-hydrogen) atoms. The minimum Gasteiger partial charge on any atom is -0.507 e. The molecule has 0 aliphatic heterocycles. The molecular weight excluding hydrogens is 396 g/mol. The fourth-order valence-corrected chi connectivity index (χ4v) is 4.28. The molecule has 1 aromatic carbocycles. The number of benzene rings is 1. The third-order valence-electron chi connectivity index (χ3n) is 5.64. The van der Waals surface area contributed by atoms with Crippen LogP contribution in [-0.2, 0) is 9.53 Å². The fourth-order valence-electron chi connectivity index (χ4n) is 4.28. The van der Waals surface area contributed by atoms with E-state index in [9.17, 15) is 40.3 Å². The van der Waals surface area contributed by atoms with Gasteiger partial charge in [0, 0.05) is 23.1 Å². The molecule has 3 aliphatic rings. The zero-order chi connectivity index (χ0) is 22.1. The molecule has 0 bridgehead atoms. The fraction of sp³-hybridized carbons (Fsp3) is 0.300. The molecule has 0 saturated carbocycles. The second kappa shape index (κ2) is 6.28. The van der Waals surface area contributed by atoms with Crippen LogP contribution in [0.15, 0.2) is 27.8 Å². The van der Waals surface area contributed by atoms with Gasteiger partial charge in [0.05, 0.1) is 10.9 Å². The molecule has 0 radical (unpaired) electrons. The van der Waals surface area contributed by atoms with Gasteiger partial charge < -0.3 is 30.7 Å². The quantitative estimate of drug-likeness (QED) is 0.218. The molecule has 4 N–H and O–H groups in total. The maximum absolute atomic E-state index is 13.2. The van der Waals surface area contributed by atoms with Gasteiger partial charge in [-0.1, -0.05) is 12.1 Å². The van der Waals surface area contributed by atoms with E-state index < -0.39 is 57.1 Å². The highest BCUT2D eigenvalue weighted by Gasteiger charge is 2.55. The Morgan fingerprint density at radius 1 is 1.17 bits per heavy atom. The number of carbonyl (C=O) groups excluding carboxylic acids is 1. The molecule has 0 saturated heterocycles. The van der Waals surface area contributed by atoms with E-state index >= 15 is 0 Å². The Bertz CT molecular complexity index is 1480. The van der Waals surface area contributed by atoms with Gasteiger partial charge in [0.2, 0.25) is 5.43 Å². The first-order valence-corrected chi connectivity index (χ1v) is 8.92. The van der Waals surface area contributed by atoms with E-state index in [1.165, 1.54) is 18.2 Å². The number of fused-ring (bicyclic) bond motifs is 3. The standard InChI is InChI=1S/C20H16N2O8/c1-6(23)30-19-13-11(17(27)18(28)20(19,2)29)10-12(14(13)22-21)16(26)9-7(15(10)25)4-3-5-8(9)24/h3-5,17-19,24,27-29H,1-2H3. The van der Waals surface area contributed by atoms with Crippen LogP contribution in [0.2, 0.25) is 0 Å². The average Bonchev–Trinajstić information content (AvgIpc) is 3.03. The van der Waals surface area contributed by atoms with E-state index in [1.807, 2.05) is 0 Å². The first-order valence-electron chi connectivity index (χ1n) is 8.92. The van der Waals surface area contributed by atoms with Gasteiger partial charge in [-0.05, 0) is 13.0 Å². The summed E-state index contributed by atoms with van der Waals surface area (Å²) in [6.07, 6.45) is -5.42. The number of phenols is 1. The van der Waals surface area contributed by atoms with E-state index in [0.29, 0.717) is 0 Å². The summed E-state index contributed by atoms with van der Waals surface area (Å²) in [7, 11) is 0. The van der Waals surface area contributed by atoms with Crippen molar-refractivity contribution in [1.29, 1.82) is 0 Å². The SMILES string of the molecule is CC(=O)OC1c2c(c3c(=O)c4cccc(O)c4c(=O)c=3c2=[N+]=[N-])C(O)C(O)C1(C)O. The highest BCUT2D eigenvalue weighted by Crippen LogP contribution is 2.44. The maximum atomic E-state index is 13.2. The van der Waals surface area contributed by atoms with Gasteiger partial charge >= 0.3 is 11.3 Å². The smallest absolute Gasteiger partial charge is 0.334 e. The largest absolute Gasteiger partial charge is 0.507 e. The molecule has 0 fully saturated rings. The Hall–Kier alpha value is -3.43. The van der Waals surface area contributed by atoms with Gasteiger partial charge in [-0.15, -0.1) is 0 Å². The molecule has 0 aromatic heterocycles. The normalized spacial score (nSPS) is 25.8. The van der Waals surface area contributed by atoms with Crippen LogP contribution in [-0.4, -0.2) is 42.9 Å². The zero-order valence-electron chi connectivity index (χ0n) is 15.8. The predicted molar refractivity (Wildman–Crippen MR) is 98.7 cm³/mol. The number of hydrogen-bond acceptors (Lipinski definition) is 8. The molecule has 3 aliphatic carbocycles. The molecule has 1 aromatic rings. The van der Waals surface area contributed by atoms with Gasteiger partial charge in [0.25, 0.3) is 0 Å². The summed E-state index contributed by atoms with van der Waals surface area (Å²) >= 11 is 0. The number of esters is 1. The highest BCUT2D eigenvalue weighted by atomic mass is 16.6. The first kappa shape index (κ1) is 19.9. The van der Waals surface area contributed by atoms with Gasteiger partial charge in [0.15, 0.2) is 11.5 Å². The summed E-state index contributed by atoms with van der Waals surface area (Å²) in [4.78, 5) is 41.1. The van der Waals surface area contributed by atoms with E-state index in [-0.39, 0.29) is 27.1 Å². The van der Waals surface area contributed by atoms with Gasteiger partial charge in [-0.2, -0.15) is 4.79 Å². The number of hydrogen-bond donors (Lipinski definition) is 4. The van der Waals surface area contributed by atoms with Crippen LogP contribution in [0, 0.1) is 10.4 Å². The van der Waals surface area contributed by atoms with Crippen molar-refractivity contribution in [2.45, 2.75) is 37.8 Å². The Morgan fingerprint density at radius 3 is 2.43 bits per heavy atom. The second-order valence-corrected chi connectivity index (χ2v) is 7.49. The van der Waals surface area contributed by atoms with E-state index in [0.717, 1.165) is 13.8 Å². The summed E-state index contributed by atoms with van der Waals surface area (Å²) < 4.78 is 5.14. The van der Waals surface area contributed by atoms with Crippen LogP contribution in [0.1, 0.15) is 37.2 Å². The number of aromatic hydroxyl groups is 1. The number of rotatable bonds is 1. The summed E-state index contributed by atoms with van der Waals surface area (Å²) in [6, 6.07) is 3.87. The van der Waals surface area contributed by atoms with Crippen molar-refractivity contribution in [3.8, 4) is 5.75 Å². The van der Waals surface area contributed by atoms with Gasteiger partial charge in [0.1, 0.15) is 28.8 Å². The van der Waals surface area contributed by atoms with E-state index in [2.05, 4.69) is 4.79 Å². The summed E-state index contributed by atoms with van der Waals surface area (Å²) in [5.41, 5.74) is 5.25. The summed E-state index contributed by atoms with van der Waals surface area (Å²) in [5, 5.41) is 40.4. The van der Waals surface area contributed by atoms with Crippen molar-refractivity contribution in [3.05, 3.63) is 71.1 Å². The lowest BCUT2D eigenvalue weighted by atomic mass is 9.76. The third kappa shape index (κ3) is 2.33. The molecule has 10 nitrogen and oxygen atoms in total.